The fourth-order valence-electron chi connectivity index (χ4n) is 4.83. The van der Waals surface area contributed by atoms with E-state index in [9.17, 15) is 9.59 Å². The first-order valence-electron chi connectivity index (χ1n) is 11.6. The second-order valence-corrected chi connectivity index (χ2v) is 10.2. The van der Waals surface area contributed by atoms with Crippen molar-refractivity contribution in [1.82, 2.24) is 14.5 Å². The topological polar surface area (TPSA) is 55.2 Å². The predicted octanol–water partition coefficient (Wildman–Crippen LogP) is 6.36. The van der Waals surface area contributed by atoms with Crippen molar-refractivity contribution in [1.29, 1.82) is 0 Å². The van der Waals surface area contributed by atoms with Gasteiger partial charge in [0.05, 0.1) is 0 Å². The fourth-order valence-corrected chi connectivity index (χ4v) is 5.40. The Kier molecular flexibility index (Phi) is 6.39. The quantitative estimate of drug-likeness (QED) is 0.325. The summed E-state index contributed by atoms with van der Waals surface area (Å²) in [5, 5.41) is 1.73. The van der Waals surface area contributed by atoms with Crippen LogP contribution >= 0.6 is 23.2 Å². The minimum absolute atomic E-state index is 0.189. The molecule has 2 aromatic heterocycles. The van der Waals surface area contributed by atoms with E-state index in [1.165, 1.54) is 0 Å². The number of aryl methyl sites for hydroxylation is 1. The number of rotatable bonds is 3. The van der Waals surface area contributed by atoms with Gasteiger partial charge >= 0.3 is 0 Å². The van der Waals surface area contributed by atoms with E-state index in [1.807, 2.05) is 49.4 Å². The van der Waals surface area contributed by atoms with Gasteiger partial charge in [-0.05, 0) is 54.7 Å². The van der Waals surface area contributed by atoms with Crippen LogP contribution in [0.25, 0.3) is 22.0 Å². The van der Waals surface area contributed by atoms with Gasteiger partial charge in [0.15, 0.2) is 0 Å². The van der Waals surface area contributed by atoms with Crippen molar-refractivity contribution in [2.45, 2.75) is 33.4 Å². The van der Waals surface area contributed by atoms with Crippen LogP contribution in [0.4, 0.5) is 0 Å². The molecule has 1 aliphatic heterocycles. The lowest BCUT2D eigenvalue weighted by Gasteiger charge is -2.32. The van der Waals surface area contributed by atoms with Crippen LogP contribution in [-0.4, -0.2) is 26.9 Å². The molecular formula is C28H25Cl2N3O2. The van der Waals surface area contributed by atoms with Gasteiger partial charge < -0.3 is 9.47 Å². The standard InChI is InChI=1S/C28H25Cl2N3O2/c1-17-5-7-20(8-6-17)24-23-4-3-10-31-25(23)27(34)33-11-9-18(2)15-32(28(35)26(24)33)16-19-12-21(29)14-22(30)13-19/h3-8,10,12-14,18H,9,11,15-16H2,1-2H3/t18-/m1/s1. The fraction of sp³-hybridized carbons (Fsp3) is 0.250. The van der Waals surface area contributed by atoms with Crippen LogP contribution in [0.2, 0.25) is 10.0 Å². The molecule has 0 saturated carbocycles. The molecule has 0 bridgehead atoms. The number of amides is 1. The largest absolute Gasteiger partial charge is 0.333 e. The zero-order valence-electron chi connectivity index (χ0n) is 19.6. The first kappa shape index (κ1) is 23.6. The first-order valence-corrected chi connectivity index (χ1v) is 12.4. The normalized spacial score (nSPS) is 16.2. The molecular weight excluding hydrogens is 481 g/mol. The average Bonchev–Trinajstić information content (AvgIpc) is 2.82. The van der Waals surface area contributed by atoms with Gasteiger partial charge in [0, 0.05) is 46.8 Å². The zero-order chi connectivity index (χ0) is 24.7. The molecule has 5 rings (SSSR count). The lowest BCUT2D eigenvalue weighted by molar-refractivity contribution is 0.0687. The summed E-state index contributed by atoms with van der Waals surface area (Å²) in [6.45, 7) is 5.49. The Morgan fingerprint density at radius 3 is 2.46 bits per heavy atom. The molecule has 0 fully saturated rings. The molecule has 3 heterocycles. The van der Waals surface area contributed by atoms with E-state index in [-0.39, 0.29) is 17.4 Å². The van der Waals surface area contributed by atoms with Gasteiger partial charge in [-0.25, -0.2) is 0 Å². The smallest absolute Gasteiger partial charge is 0.277 e. The molecule has 7 heteroatoms. The summed E-state index contributed by atoms with van der Waals surface area (Å²) in [6, 6.07) is 17.0. The number of pyridine rings is 2. The minimum Gasteiger partial charge on any atom is -0.333 e. The molecule has 0 N–H and O–H groups in total. The Morgan fingerprint density at radius 2 is 1.74 bits per heavy atom. The molecule has 0 spiro atoms. The summed E-state index contributed by atoms with van der Waals surface area (Å²) in [5.74, 6) is 0.0157. The Bertz CT molecular complexity index is 1470. The summed E-state index contributed by atoms with van der Waals surface area (Å²) in [5.41, 5.74) is 4.12. The van der Waals surface area contributed by atoms with Crippen LogP contribution in [0.5, 0.6) is 0 Å². The third-order valence-electron chi connectivity index (χ3n) is 6.53. The Labute approximate surface area is 213 Å². The number of aromatic nitrogens is 2. The molecule has 178 valence electrons. The van der Waals surface area contributed by atoms with Crippen molar-refractivity contribution in [3.8, 4) is 11.1 Å². The molecule has 1 atom stereocenters. The number of nitrogens with zero attached hydrogens (tertiary/aromatic N) is 3. The van der Waals surface area contributed by atoms with E-state index in [0.717, 1.165) is 28.7 Å². The van der Waals surface area contributed by atoms with E-state index < -0.39 is 0 Å². The van der Waals surface area contributed by atoms with Gasteiger partial charge in [0.1, 0.15) is 11.2 Å². The van der Waals surface area contributed by atoms with Gasteiger partial charge in [-0.2, -0.15) is 0 Å². The van der Waals surface area contributed by atoms with E-state index >= 15 is 0 Å². The first-order chi connectivity index (χ1) is 16.8. The lowest BCUT2D eigenvalue weighted by Crippen LogP contribution is -2.41. The van der Waals surface area contributed by atoms with E-state index in [2.05, 4.69) is 11.9 Å². The predicted molar refractivity (Wildman–Crippen MR) is 141 cm³/mol. The monoisotopic (exact) mass is 505 g/mol. The maximum atomic E-state index is 14.2. The van der Waals surface area contributed by atoms with Gasteiger partial charge in [-0.15, -0.1) is 0 Å². The highest BCUT2D eigenvalue weighted by atomic mass is 35.5. The molecule has 5 nitrogen and oxygen atoms in total. The van der Waals surface area contributed by atoms with Crippen LogP contribution in [0.1, 0.15) is 35.0 Å². The number of fused-ring (bicyclic) bond motifs is 2. The number of carbonyl (C=O) groups is 1. The van der Waals surface area contributed by atoms with Crippen LogP contribution in [0.3, 0.4) is 0 Å². The summed E-state index contributed by atoms with van der Waals surface area (Å²) in [4.78, 5) is 34.0. The van der Waals surface area contributed by atoms with Crippen molar-refractivity contribution in [2.24, 2.45) is 5.92 Å². The average molecular weight is 506 g/mol. The van der Waals surface area contributed by atoms with Crippen LogP contribution < -0.4 is 5.56 Å². The third-order valence-corrected chi connectivity index (χ3v) is 6.97. The van der Waals surface area contributed by atoms with Crippen molar-refractivity contribution in [2.75, 3.05) is 6.54 Å². The third kappa shape index (κ3) is 4.58. The van der Waals surface area contributed by atoms with E-state index in [4.69, 9.17) is 23.2 Å². The van der Waals surface area contributed by atoms with Crippen molar-refractivity contribution in [3.05, 3.63) is 98.0 Å². The zero-order valence-corrected chi connectivity index (χ0v) is 21.1. The van der Waals surface area contributed by atoms with Gasteiger partial charge in [0.25, 0.3) is 11.5 Å². The Hall–Kier alpha value is -3.15. The molecule has 0 radical (unpaired) electrons. The van der Waals surface area contributed by atoms with Crippen LogP contribution in [-0.2, 0) is 13.1 Å². The van der Waals surface area contributed by atoms with Gasteiger partial charge in [-0.3, -0.25) is 14.6 Å². The summed E-state index contributed by atoms with van der Waals surface area (Å²) in [7, 11) is 0. The molecule has 0 unspecified atom stereocenters. The van der Waals surface area contributed by atoms with Crippen molar-refractivity contribution < 1.29 is 4.79 Å². The Morgan fingerprint density at radius 1 is 1.03 bits per heavy atom. The molecule has 4 aromatic rings. The maximum Gasteiger partial charge on any atom is 0.277 e. The molecule has 2 aromatic carbocycles. The van der Waals surface area contributed by atoms with Crippen molar-refractivity contribution in [3.63, 3.8) is 0 Å². The highest BCUT2D eigenvalue weighted by Crippen LogP contribution is 2.33. The number of hydrogen-bond donors (Lipinski definition) is 0. The van der Waals surface area contributed by atoms with Crippen LogP contribution in [0, 0.1) is 12.8 Å². The SMILES string of the molecule is Cc1ccc(-c2c3n(c(=O)c4ncccc24)CC[C@@H](C)CN(Cc2cc(Cl)cc(Cl)c2)C3=O)cc1. The highest BCUT2D eigenvalue weighted by molar-refractivity contribution is 6.34. The molecule has 1 aliphatic rings. The summed E-state index contributed by atoms with van der Waals surface area (Å²) >= 11 is 12.5. The maximum absolute atomic E-state index is 14.2. The summed E-state index contributed by atoms with van der Waals surface area (Å²) < 4.78 is 1.63. The molecule has 0 saturated heterocycles. The summed E-state index contributed by atoms with van der Waals surface area (Å²) in [6.07, 6.45) is 2.39. The highest BCUT2D eigenvalue weighted by Gasteiger charge is 2.30. The second-order valence-electron chi connectivity index (χ2n) is 9.30. The number of hydrogen-bond acceptors (Lipinski definition) is 3. The lowest BCUT2D eigenvalue weighted by atomic mass is 9.95. The van der Waals surface area contributed by atoms with E-state index in [0.29, 0.717) is 46.3 Å². The minimum atomic E-state index is -0.236. The number of halogens is 2. The molecule has 0 aliphatic carbocycles. The Balaban J connectivity index is 1.75. The molecule has 1 amide bonds. The number of carbonyl (C=O) groups excluding carboxylic acids is 1. The van der Waals surface area contributed by atoms with Crippen molar-refractivity contribution >= 4 is 40.0 Å². The molecule has 35 heavy (non-hydrogen) atoms. The second kappa shape index (κ2) is 9.48. The van der Waals surface area contributed by atoms with Gasteiger partial charge in [0.2, 0.25) is 0 Å². The van der Waals surface area contributed by atoms with Crippen LogP contribution in [0.15, 0.2) is 65.6 Å². The number of benzene rings is 2. The van der Waals surface area contributed by atoms with Gasteiger partial charge in [-0.1, -0.05) is 66.0 Å². The van der Waals surface area contributed by atoms with E-state index in [1.54, 1.807) is 27.8 Å².